The van der Waals surface area contributed by atoms with E-state index in [1.165, 1.54) is 18.2 Å². The molecule has 1 aliphatic heterocycles. The fourth-order valence-electron chi connectivity index (χ4n) is 3.26. The second-order valence-electron chi connectivity index (χ2n) is 6.95. The van der Waals surface area contributed by atoms with Gasteiger partial charge in [0.1, 0.15) is 12.2 Å². The van der Waals surface area contributed by atoms with Crippen molar-refractivity contribution in [1.82, 2.24) is 14.8 Å². The van der Waals surface area contributed by atoms with Crippen LogP contribution in [0.15, 0.2) is 78.6 Å². The van der Waals surface area contributed by atoms with Gasteiger partial charge in [0.25, 0.3) is 5.91 Å². The number of carbonyl (C=O) groups is 4. The number of amides is 4. The molecule has 9 heteroatoms. The van der Waals surface area contributed by atoms with Crippen molar-refractivity contribution in [2.45, 2.75) is 0 Å². The van der Waals surface area contributed by atoms with Crippen LogP contribution in [-0.4, -0.2) is 44.9 Å². The highest BCUT2D eigenvalue weighted by Gasteiger charge is 2.35. The predicted molar refractivity (Wildman–Crippen MR) is 116 cm³/mol. The molecule has 0 radical (unpaired) electrons. The van der Waals surface area contributed by atoms with Crippen LogP contribution < -0.4 is 10.6 Å². The molecule has 160 valence electrons. The second-order valence-corrected chi connectivity index (χ2v) is 6.95. The van der Waals surface area contributed by atoms with Crippen molar-refractivity contribution >= 4 is 35.6 Å². The first-order valence-electron chi connectivity index (χ1n) is 9.63. The molecule has 0 atom stereocenters. The summed E-state index contributed by atoms with van der Waals surface area (Å²) in [6, 6.07) is 17.8. The molecule has 0 aliphatic carbocycles. The van der Waals surface area contributed by atoms with Crippen LogP contribution in [0.3, 0.4) is 0 Å². The molecule has 1 aliphatic rings. The van der Waals surface area contributed by atoms with Crippen LogP contribution >= 0.6 is 0 Å². The minimum absolute atomic E-state index is 0.0110. The maximum Gasteiger partial charge on any atom is 0.335 e. The smallest absolute Gasteiger partial charge is 0.335 e. The number of para-hydroxylation sites is 1. The Balaban J connectivity index is 1.53. The molecule has 2 aromatic carbocycles. The summed E-state index contributed by atoms with van der Waals surface area (Å²) < 4.78 is 1.68. The van der Waals surface area contributed by atoms with Crippen molar-refractivity contribution in [3.05, 3.63) is 89.9 Å². The van der Waals surface area contributed by atoms with Gasteiger partial charge in [0.05, 0.1) is 5.56 Å². The number of aromatic carboxylic acids is 1. The summed E-state index contributed by atoms with van der Waals surface area (Å²) in [6.45, 7) is -0.432. The molecule has 32 heavy (non-hydrogen) atoms. The van der Waals surface area contributed by atoms with E-state index in [0.29, 0.717) is 17.1 Å². The Morgan fingerprint density at radius 3 is 2.53 bits per heavy atom. The van der Waals surface area contributed by atoms with Crippen LogP contribution in [0.1, 0.15) is 16.1 Å². The molecule has 3 aromatic rings. The molecule has 0 unspecified atom stereocenters. The molecule has 0 bridgehead atoms. The van der Waals surface area contributed by atoms with E-state index in [2.05, 4.69) is 10.6 Å². The maximum absolute atomic E-state index is 12.7. The van der Waals surface area contributed by atoms with Gasteiger partial charge in [-0.1, -0.05) is 24.3 Å². The Hall–Kier alpha value is -4.66. The van der Waals surface area contributed by atoms with E-state index < -0.39 is 30.4 Å². The Morgan fingerprint density at radius 1 is 1.00 bits per heavy atom. The molecule has 2 heterocycles. The largest absolute Gasteiger partial charge is 0.478 e. The topological polar surface area (TPSA) is 121 Å². The normalized spacial score (nSPS) is 14.5. The summed E-state index contributed by atoms with van der Waals surface area (Å²) in [6.07, 6.45) is 3.18. The summed E-state index contributed by atoms with van der Waals surface area (Å²) in [7, 11) is 0. The number of aromatic nitrogens is 1. The molecular formula is C23H18N4O5. The van der Waals surface area contributed by atoms with E-state index >= 15 is 0 Å². The number of nitrogens with one attached hydrogen (secondary N) is 2. The summed E-state index contributed by atoms with van der Waals surface area (Å²) in [5, 5.41) is 14.3. The van der Waals surface area contributed by atoms with Crippen LogP contribution in [0, 0.1) is 0 Å². The van der Waals surface area contributed by atoms with Crippen LogP contribution in [0.2, 0.25) is 0 Å². The fourth-order valence-corrected chi connectivity index (χ4v) is 3.26. The molecule has 1 aromatic heterocycles. The monoisotopic (exact) mass is 430 g/mol. The first-order valence-corrected chi connectivity index (χ1v) is 9.63. The molecule has 0 saturated carbocycles. The number of rotatable bonds is 6. The number of hydrogen-bond acceptors (Lipinski definition) is 4. The highest BCUT2D eigenvalue weighted by Crippen LogP contribution is 2.19. The summed E-state index contributed by atoms with van der Waals surface area (Å²) in [5.41, 5.74) is 1.82. The molecule has 4 amide bonds. The number of anilines is 1. The first kappa shape index (κ1) is 20.6. The maximum atomic E-state index is 12.7. The van der Waals surface area contributed by atoms with E-state index in [1.807, 2.05) is 0 Å². The number of imide groups is 1. The predicted octanol–water partition coefficient (Wildman–Crippen LogP) is 2.71. The zero-order valence-electron chi connectivity index (χ0n) is 16.7. The summed E-state index contributed by atoms with van der Waals surface area (Å²) in [5.74, 6) is -2.19. The number of carbonyl (C=O) groups excluding carboxylic acids is 3. The molecule has 1 fully saturated rings. The van der Waals surface area contributed by atoms with Crippen LogP contribution in [0.5, 0.6) is 0 Å². The highest BCUT2D eigenvalue weighted by atomic mass is 16.4. The number of nitrogens with zero attached hydrogens (tertiary/aromatic N) is 2. The fraction of sp³-hybridized carbons (Fsp3) is 0.0435. The summed E-state index contributed by atoms with van der Waals surface area (Å²) >= 11 is 0. The quantitative estimate of drug-likeness (QED) is 0.410. The van der Waals surface area contributed by atoms with Gasteiger partial charge in [-0.3, -0.25) is 9.59 Å². The average molecular weight is 430 g/mol. The van der Waals surface area contributed by atoms with Crippen molar-refractivity contribution in [2.75, 3.05) is 11.9 Å². The lowest BCUT2D eigenvalue weighted by Gasteiger charge is -2.12. The van der Waals surface area contributed by atoms with Gasteiger partial charge >= 0.3 is 12.0 Å². The third kappa shape index (κ3) is 4.26. The number of benzene rings is 2. The number of urea groups is 1. The minimum Gasteiger partial charge on any atom is -0.478 e. The van der Waals surface area contributed by atoms with E-state index in [-0.39, 0.29) is 11.3 Å². The first-order chi connectivity index (χ1) is 15.4. The molecule has 1 saturated heterocycles. The lowest BCUT2D eigenvalue weighted by Crippen LogP contribution is -2.38. The molecule has 0 spiro atoms. The second kappa shape index (κ2) is 8.60. The van der Waals surface area contributed by atoms with Crippen molar-refractivity contribution in [3.63, 3.8) is 0 Å². The zero-order chi connectivity index (χ0) is 22.7. The number of carboxylic acids is 1. The molecular weight excluding hydrogens is 412 g/mol. The van der Waals surface area contributed by atoms with Gasteiger partial charge < -0.3 is 20.3 Å². The van der Waals surface area contributed by atoms with Crippen molar-refractivity contribution < 1.29 is 24.3 Å². The molecule has 9 nitrogen and oxygen atoms in total. The van der Waals surface area contributed by atoms with Gasteiger partial charge in [-0.15, -0.1) is 0 Å². The molecule has 3 N–H and O–H groups in total. The standard InChI is InChI=1S/C23H18N4O5/c28-20(24-16-7-2-1-3-8-16)14-27-21(29)19(25-23(27)32)13-18-10-5-11-26(18)17-9-4-6-15(12-17)22(30)31/h1-13H,14H2,(H,24,28)(H,25,32)(H,30,31)/b19-13-. The lowest BCUT2D eigenvalue weighted by molar-refractivity contribution is -0.127. The van der Waals surface area contributed by atoms with Gasteiger partial charge in [0.15, 0.2) is 0 Å². The van der Waals surface area contributed by atoms with Crippen LogP contribution in [-0.2, 0) is 9.59 Å². The van der Waals surface area contributed by atoms with Gasteiger partial charge in [0, 0.05) is 23.3 Å². The number of carboxylic acid groups (broad SMARTS) is 1. The SMILES string of the molecule is O=C(CN1C(=O)N/C(=C\c2cccn2-c2cccc(C(=O)O)c2)C1=O)Nc1ccccc1. The highest BCUT2D eigenvalue weighted by molar-refractivity contribution is 6.15. The van der Waals surface area contributed by atoms with Gasteiger partial charge in [-0.25, -0.2) is 14.5 Å². The third-order valence-electron chi connectivity index (χ3n) is 4.77. The van der Waals surface area contributed by atoms with Crippen molar-refractivity contribution in [3.8, 4) is 5.69 Å². The summed E-state index contributed by atoms with van der Waals surface area (Å²) in [4.78, 5) is 49.3. The van der Waals surface area contributed by atoms with Crippen molar-refractivity contribution in [1.29, 1.82) is 0 Å². The van der Waals surface area contributed by atoms with Crippen molar-refractivity contribution in [2.24, 2.45) is 0 Å². The van der Waals surface area contributed by atoms with Crippen LogP contribution in [0.25, 0.3) is 11.8 Å². The molecule has 4 rings (SSSR count). The van der Waals surface area contributed by atoms with Crippen LogP contribution in [0.4, 0.5) is 10.5 Å². The van der Waals surface area contributed by atoms with Gasteiger partial charge in [-0.2, -0.15) is 0 Å². The lowest BCUT2D eigenvalue weighted by atomic mass is 10.2. The Bertz CT molecular complexity index is 1250. The van der Waals surface area contributed by atoms with E-state index in [0.717, 1.165) is 4.90 Å². The van der Waals surface area contributed by atoms with E-state index in [9.17, 15) is 24.3 Å². The average Bonchev–Trinajstić information content (AvgIpc) is 3.34. The Kier molecular flexibility index (Phi) is 5.54. The Morgan fingerprint density at radius 2 is 1.78 bits per heavy atom. The van der Waals surface area contributed by atoms with E-state index in [1.54, 1.807) is 65.4 Å². The number of hydrogen-bond donors (Lipinski definition) is 3. The van der Waals surface area contributed by atoms with Gasteiger partial charge in [0.2, 0.25) is 5.91 Å². The Labute approximate surface area is 182 Å². The minimum atomic E-state index is -1.05. The van der Waals surface area contributed by atoms with E-state index in [4.69, 9.17) is 0 Å². The van der Waals surface area contributed by atoms with Gasteiger partial charge in [-0.05, 0) is 48.5 Å². The zero-order valence-corrected chi connectivity index (χ0v) is 16.7. The third-order valence-corrected chi connectivity index (χ3v) is 4.77.